The quantitative estimate of drug-likeness (QED) is 0.0421. The molecule has 0 aromatic heterocycles. The van der Waals surface area contributed by atoms with Gasteiger partial charge in [0.15, 0.2) is 0 Å². The zero-order chi connectivity index (χ0) is 32.7. The highest BCUT2D eigenvalue weighted by atomic mass is 16.5. The van der Waals surface area contributed by atoms with E-state index >= 15 is 0 Å². The van der Waals surface area contributed by atoms with Gasteiger partial charge in [-0.2, -0.15) is 0 Å². The van der Waals surface area contributed by atoms with Crippen LogP contribution in [0.1, 0.15) is 226 Å². The molecule has 0 heterocycles. The maximum Gasteiger partial charge on any atom is 0.305 e. The van der Waals surface area contributed by atoms with E-state index in [2.05, 4.69) is 38.2 Å². The molecule has 0 saturated carbocycles. The van der Waals surface area contributed by atoms with E-state index in [1.54, 1.807) is 0 Å². The topological polar surface area (TPSA) is 46.5 Å². The van der Waals surface area contributed by atoms with Crippen LogP contribution in [-0.4, -0.2) is 23.8 Å². The third-order valence-corrected chi connectivity index (χ3v) is 9.14. The summed E-state index contributed by atoms with van der Waals surface area (Å²) in [6, 6.07) is 0. The van der Waals surface area contributed by atoms with Gasteiger partial charge < -0.3 is 9.84 Å². The van der Waals surface area contributed by atoms with E-state index in [0.29, 0.717) is 13.0 Å². The second-order valence-electron chi connectivity index (χ2n) is 13.8. The van der Waals surface area contributed by atoms with Gasteiger partial charge in [0.1, 0.15) is 0 Å². The number of unbranched alkanes of at least 4 members (excludes halogenated alkanes) is 26. The molecule has 0 aliphatic heterocycles. The summed E-state index contributed by atoms with van der Waals surface area (Å²) in [6.07, 6.45) is 50.0. The molecule has 0 saturated heterocycles. The smallest absolute Gasteiger partial charge is 0.305 e. The summed E-state index contributed by atoms with van der Waals surface area (Å²) in [5, 5.41) is 10.00. The molecule has 45 heavy (non-hydrogen) atoms. The SMILES string of the molecule is CCCCCCCC/C=C\CCCCCCCCCCCCCC(=O)OCCCCCCCC/C=C\C[C@H](O)CCCCCC. The number of aliphatic hydroxyl groups excluding tert-OH is 1. The maximum atomic E-state index is 12.0. The lowest BCUT2D eigenvalue weighted by Gasteiger charge is -2.07. The number of hydrogen-bond donors (Lipinski definition) is 1. The molecule has 0 amide bonds. The Bertz CT molecular complexity index is 625. The van der Waals surface area contributed by atoms with Gasteiger partial charge in [0, 0.05) is 6.42 Å². The van der Waals surface area contributed by atoms with Gasteiger partial charge >= 0.3 is 5.97 Å². The van der Waals surface area contributed by atoms with Crippen LogP contribution in [0, 0.1) is 0 Å². The van der Waals surface area contributed by atoms with Gasteiger partial charge in [-0.25, -0.2) is 0 Å². The Balaban J connectivity index is 3.25. The molecule has 0 aliphatic rings. The van der Waals surface area contributed by atoms with Crippen LogP contribution in [0.4, 0.5) is 0 Å². The van der Waals surface area contributed by atoms with Crippen LogP contribution >= 0.6 is 0 Å². The highest BCUT2D eigenvalue weighted by molar-refractivity contribution is 5.69. The molecule has 0 aromatic carbocycles. The minimum Gasteiger partial charge on any atom is -0.466 e. The number of allylic oxidation sites excluding steroid dienone is 3. The van der Waals surface area contributed by atoms with Crippen molar-refractivity contribution in [2.24, 2.45) is 0 Å². The van der Waals surface area contributed by atoms with Crippen LogP contribution in [-0.2, 0) is 9.53 Å². The molecule has 0 radical (unpaired) electrons. The minimum absolute atomic E-state index is 0.00107. The first-order chi connectivity index (χ1) is 22.2. The molecule has 0 bridgehead atoms. The van der Waals surface area contributed by atoms with Crippen LogP contribution < -0.4 is 0 Å². The molecule has 0 spiro atoms. The van der Waals surface area contributed by atoms with Gasteiger partial charge in [-0.15, -0.1) is 0 Å². The normalized spacial score (nSPS) is 12.5. The fraction of sp³-hybridized carbons (Fsp3) is 0.881. The van der Waals surface area contributed by atoms with Crippen molar-refractivity contribution >= 4 is 5.97 Å². The Labute approximate surface area is 282 Å². The van der Waals surface area contributed by atoms with Gasteiger partial charge in [-0.3, -0.25) is 4.79 Å². The van der Waals surface area contributed by atoms with E-state index in [9.17, 15) is 9.90 Å². The number of esters is 1. The average molecular weight is 633 g/mol. The second kappa shape index (κ2) is 39.1. The summed E-state index contributed by atoms with van der Waals surface area (Å²) in [7, 11) is 0. The molecule has 0 rings (SSSR count). The Hall–Kier alpha value is -1.09. The standard InChI is InChI=1S/C42H80O3/c1-3-5-7-9-10-11-12-13-14-15-16-17-18-19-20-21-22-25-28-31-35-39-42(44)45-40-36-32-29-26-23-24-27-30-34-38-41(43)37-33-8-6-4-2/h13-14,30,34,41,43H,3-12,15-29,31-33,35-40H2,1-2H3/b14-13-,34-30-/t41-/m1/s1. The van der Waals surface area contributed by atoms with Crippen molar-refractivity contribution in [2.45, 2.75) is 232 Å². The fourth-order valence-electron chi connectivity index (χ4n) is 6.03. The van der Waals surface area contributed by atoms with Crippen LogP contribution in [0.2, 0.25) is 0 Å². The molecule has 0 fully saturated rings. The lowest BCUT2D eigenvalue weighted by atomic mass is 10.0. The molecule has 1 N–H and O–H groups in total. The van der Waals surface area contributed by atoms with Crippen molar-refractivity contribution in [3.05, 3.63) is 24.3 Å². The van der Waals surface area contributed by atoms with Crippen LogP contribution in [0.25, 0.3) is 0 Å². The van der Waals surface area contributed by atoms with Crippen molar-refractivity contribution in [1.29, 1.82) is 0 Å². The van der Waals surface area contributed by atoms with Crippen molar-refractivity contribution in [3.8, 4) is 0 Å². The molecule has 266 valence electrons. The van der Waals surface area contributed by atoms with E-state index < -0.39 is 0 Å². The highest BCUT2D eigenvalue weighted by Crippen LogP contribution is 2.14. The third kappa shape index (κ3) is 39.0. The number of carbonyl (C=O) groups excluding carboxylic acids is 1. The minimum atomic E-state index is -0.158. The molecule has 0 aromatic rings. The number of hydrogen-bond acceptors (Lipinski definition) is 3. The summed E-state index contributed by atoms with van der Waals surface area (Å²) < 4.78 is 5.44. The summed E-state index contributed by atoms with van der Waals surface area (Å²) in [6.45, 7) is 5.10. The molecule has 3 nitrogen and oxygen atoms in total. The van der Waals surface area contributed by atoms with Gasteiger partial charge in [-0.1, -0.05) is 179 Å². The first-order valence-electron chi connectivity index (χ1n) is 20.3. The van der Waals surface area contributed by atoms with Gasteiger partial charge in [-0.05, 0) is 64.2 Å². The van der Waals surface area contributed by atoms with Crippen molar-refractivity contribution in [2.75, 3.05) is 6.61 Å². The Morgan fingerprint density at radius 3 is 1.36 bits per heavy atom. The van der Waals surface area contributed by atoms with E-state index in [1.165, 1.54) is 154 Å². The monoisotopic (exact) mass is 633 g/mol. The summed E-state index contributed by atoms with van der Waals surface area (Å²) in [4.78, 5) is 12.0. The first-order valence-corrected chi connectivity index (χ1v) is 20.3. The number of aliphatic hydroxyl groups is 1. The van der Waals surface area contributed by atoms with Crippen molar-refractivity contribution in [1.82, 2.24) is 0 Å². The Morgan fingerprint density at radius 1 is 0.489 bits per heavy atom. The number of carbonyl (C=O) groups is 1. The fourth-order valence-corrected chi connectivity index (χ4v) is 6.03. The molecule has 3 heteroatoms. The molecular weight excluding hydrogens is 552 g/mol. The Kier molecular flexibility index (Phi) is 38.1. The lowest BCUT2D eigenvalue weighted by molar-refractivity contribution is -0.143. The van der Waals surface area contributed by atoms with Crippen molar-refractivity contribution in [3.63, 3.8) is 0 Å². The average Bonchev–Trinajstić information content (AvgIpc) is 3.04. The third-order valence-electron chi connectivity index (χ3n) is 9.14. The summed E-state index contributed by atoms with van der Waals surface area (Å²) in [5.41, 5.74) is 0. The highest BCUT2D eigenvalue weighted by Gasteiger charge is 2.03. The zero-order valence-electron chi connectivity index (χ0n) is 30.7. The van der Waals surface area contributed by atoms with Crippen LogP contribution in [0.5, 0.6) is 0 Å². The molecule has 1 atom stereocenters. The van der Waals surface area contributed by atoms with E-state index in [1.807, 2.05) is 0 Å². The predicted octanol–water partition coefficient (Wildman–Crippen LogP) is 13.9. The van der Waals surface area contributed by atoms with Crippen LogP contribution in [0.15, 0.2) is 24.3 Å². The molecule has 0 aliphatic carbocycles. The number of ether oxygens (including phenoxy) is 1. The summed E-state index contributed by atoms with van der Waals surface area (Å²) in [5.74, 6) is 0.00107. The first kappa shape index (κ1) is 43.9. The van der Waals surface area contributed by atoms with E-state index in [-0.39, 0.29) is 12.1 Å². The largest absolute Gasteiger partial charge is 0.466 e. The van der Waals surface area contributed by atoms with Gasteiger partial charge in [0.2, 0.25) is 0 Å². The van der Waals surface area contributed by atoms with Gasteiger partial charge in [0.05, 0.1) is 12.7 Å². The molecular formula is C42H80O3. The second-order valence-corrected chi connectivity index (χ2v) is 13.8. The number of rotatable bonds is 37. The van der Waals surface area contributed by atoms with Gasteiger partial charge in [0.25, 0.3) is 0 Å². The van der Waals surface area contributed by atoms with E-state index in [4.69, 9.17) is 4.74 Å². The van der Waals surface area contributed by atoms with E-state index in [0.717, 1.165) is 51.4 Å². The van der Waals surface area contributed by atoms with Crippen LogP contribution in [0.3, 0.4) is 0 Å². The van der Waals surface area contributed by atoms with Crippen molar-refractivity contribution < 1.29 is 14.6 Å². The zero-order valence-corrected chi connectivity index (χ0v) is 30.7. The summed E-state index contributed by atoms with van der Waals surface area (Å²) >= 11 is 0. The Morgan fingerprint density at radius 2 is 0.867 bits per heavy atom. The predicted molar refractivity (Wildman–Crippen MR) is 199 cm³/mol. The lowest BCUT2D eigenvalue weighted by Crippen LogP contribution is -2.05. The maximum absolute atomic E-state index is 12.0. The molecule has 0 unspecified atom stereocenters.